The average molecular weight is 273 g/mol. The highest BCUT2D eigenvalue weighted by atomic mass is 35.5. The van der Waals surface area contributed by atoms with Crippen LogP contribution in [0.15, 0.2) is 11.2 Å². The highest BCUT2D eigenvalue weighted by Crippen LogP contribution is 2.26. The van der Waals surface area contributed by atoms with E-state index in [1.165, 1.54) is 24.6 Å². The fourth-order valence-corrected chi connectivity index (χ4v) is 2.77. The Morgan fingerprint density at radius 1 is 1.53 bits per heavy atom. The van der Waals surface area contributed by atoms with Gasteiger partial charge in [-0.05, 0) is 25.5 Å². The Labute approximate surface area is 111 Å². The van der Waals surface area contributed by atoms with Gasteiger partial charge >= 0.3 is 0 Å². The predicted molar refractivity (Wildman–Crippen MR) is 72.9 cm³/mol. The Balaban J connectivity index is 2.27. The van der Waals surface area contributed by atoms with Crippen LogP contribution in [-0.4, -0.2) is 35.4 Å². The molecule has 1 atom stereocenters. The van der Waals surface area contributed by atoms with E-state index in [-0.39, 0.29) is 0 Å². The summed E-state index contributed by atoms with van der Waals surface area (Å²) in [5.41, 5.74) is 5.82. The Morgan fingerprint density at radius 2 is 2.35 bits per heavy atom. The zero-order valence-corrected chi connectivity index (χ0v) is 11.5. The number of piperidine rings is 1. The normalized spacial score (nSPS) is 20.6. The summed E-state index contributed by atoms with van der Waals surface area (Å²) >= 11 is 7.52. The van der Waals surface area contributed by atoms with Gasteiger partial charge in [-0.3, -0.25) is 0 Å². The number of nitrogens with zero attached hydrogens (tertiary/aromatic N) is 3. The first-order chi connectivity index (χ1) is 8.24. The predicted octanol–water partition coefficient (Wildman–Crippen LogP) is 2.17. The van der Waals surface area contributed by atoms with Gasteiger partial charge in [0, 0.05) is 25.2 Å². The molecule has 1 fully saturated rings. The van der Waals surface area contributed by atoms with E-state index in [4.69, 9.17) is 17.3 Å². The molecule has 17 heavy (non-hydrogen) atoms. The quantitative estimate of drug-likeness (QED) is 0.519. The van der Waals surface area contributed by atoms with E-state index >= 15 is 0 Å². The zero-order chi connectivity index (χ0) is 12.3. The number of anilines is 1. The standard InChI is InChI=1S/C11H17ClN4S/c1-17-11-14-9(12)6-10(15-11)16-5-3-2-4-8(16)7-13/h6,8H,2-5,7,13H2,1H3/t8-/m0/s1. The smallest absolute Gasteiger partial charge is 0.190 e. The maximum absolute atomic E-state index is 6.02. The highest BCUT2D eigenvalue weighted by Gasteiger charge is 2.23. The largest absolute Gasteiger partial charge is 0.352 e. The number of halogens is 1. The van der Waals surface area contributed by atoms with Crippen molar-refractivity contribution in [2.75, 3.05) is 24.2 Å². The van der Waals surface area contributed by atoms with Crippen LogP contribution in [0.2, 0.25) is 5.15 Å². The molecule has 4 nitrogen and oxygen atoms in total. The molecule has 2 rings (SSSR count). The van der Waals surface area contributed by atoms with Crippen LogP contribution in [0, 0.1) is 0 Å². The molecule has 0 aromatic carbocycles. The second-order valence-corrected chi connectivity index (χ2v) is 5.27. The number of nitrogens with two attached hydrogens (primary N) is 1. The lowest BCUT2D eigenvalue weighted by Gasteiger charge is -2.36. The highest BCUT2D eigenvalue weighted by molar-refractivity contribution is 7.98. The van der Waals surface area contributed by atoms with E-state index in [9.17, 15) is 0 Å². The van der Waals surface area contributed by atoms with Crippen LogP contribution in [0.25, 0.3) is 0 Å². The Hall–Kier alpha value is -0.520. The molecular weight excluding hydrogens is 256 g/mol. The van der Waals surface area contributed by atoms with Gasteiger partial charge in [0.05, 0.1) is 0 Å². The van der Waals surface area contributed by atoms with Crippen LogP contribution in [0.4, 0.5) is 5.82 Å². The van der Waals surface area contributed by atoms with Gasteiger partial charge in [-0.2, -0.15) is 0 Å². The number of aromatic nitrogens is 2. The molecule has 0 unspecified atom stereocenters. The minimum Gasteiger partial charge on any atom is -0.352 e. The minimum absolute atomic E-state index is 0.379. The van der Waals surface area contributed by atoms with Crippen LogP contribution >= 0.6 is 23.4 Å². The maximum Gasteiger partial charge on any atom is 0.190 e. The number of rotatable bonds is 3. The van der Waals surface area contributed by atoms with Crippen molar-refractivity contribution in [2.24, 2.45) is 5.73 Å². The van der Waals surface area contributed by atoms with E-state index < -0.39 is 0 Å². The van der Waals surface area contributed by atoms with Crippen LogP contribution in [-0.2, 0) is 0 Å². The van der Waals surface area contributed by atoms with Crippen molar-refractivity contribution in [1.82, 2.24) is 9.97 Å². The second-order valence-electron chi connectivity index (χ2n) is 4.11. The third-order valence-corrected chi connectivity index (χ3v) is 3.78. The molecule has 1 aromatic rings. The van der Waals surface area contributed by atoms with E-state index in [1.807, 2.05) is 12.3 Å². The first-order valence-corrected chi connectivity index (χ1v) is 7.40. The summed E-state index contributed by atoms with van der Waals surface area (Å²) in [5, 5.41) is 1.22. The van der Waals surface area contributed by atoms with Crippen molar-refractivity contribution in [3.63, 3.8) is 0 Å². The summed E-state index contributed by atoms with van der Waals surface area (Å²) in [7, 11) is 0. The zero-order valence-electron chi connectivity index (χ0n) is 9.90. The van der Waals surface area contributed by atoms with Crippen LogP contribution in [0.3, 0.4) is 0 Å². The Bertz CT molecular complexity index is 388. The van der Waals surface area contributed by atoms with Gasteiger partial charge < -0.3 is 10.6 Å². The monoisotopic (exact) mass is 272 g/mol. The van der Waals surface area contributed by atoms with Crippen molar-refractivity contribution in [3.05, 3.63) is 11.2 Å². The van der Waals surface area contributed by atoms with Gasteiger partial charge in [0.25, 0.3) is 0 Å². The minimum atomic E-state index is 0.379. The lowest BCUT2D eigenvalue weighted by Crippen LogP contribution is -2.44. The third kappa shape index (κ3) is 3.03. The van der Waals surface area contributed by atoms with Gasteiger partial charge in [-0.15, -0.1) is 0 Å². The fraction of sp³-hybridized carbons (Fsp3) is 0.636. The molecule has 0 amide bonds. The van der Waals surface area contributed by atoms with Crippen molar-refractivity contribution in [1.29, 1.82) is 0 Å². The summed E-state index contributed by atoms with van der Waals surface area (Å²) in [6, 6.07) is 2.21. The van der Waals surface area contributed by atoms with Gasteiger partial charge in [0.1, 0.15) is 11.0 Å². The molecule has 1 saturated heterocycles. The summed E-state index contributed by atoms with van der Waals surface area (Å²) < 4.78 is 0. The number of thioether (sulfide) groups is 1. The topological polar surface area (TPSA) is 55.0 Å². The summed E-state index contributed by atoms with van der Waals surface area (Å²) in [6.07, 6.45) is 5.51. The average Bonchev–Trinajstić information content (AvgIpc) is 2.37. The Kier molecular flexibility index (Phi) is 4.48. The van der Waals surface area contributed by atoms with Crippen molar-refractivity contribution >= 4 is 29.2 Å². The van der Waals surface area contributed by atoms with Crippen LogP contribution in [0.5, 0.6) is 0 Å². The number of hydrogen-bond donors (Lipinski definition) is 1. The number of hydrogen-bond acceptors (Lipinski definition) is 5. The van der Waals surface area contributed by atoms with Gasteiger partial charge in [0.2, 0.25) is 0 Å². The molecule has 0 spiro atoms. The molecule has 2 heterocycles. The summed E-state index contributed by atoms with van der Waals surface area (Å²) in [5.74, 6) is 0.907. The SMILES string of the molecule is CSc1nc(Cl)cc(N2CCCC[C@H]2CN)n1. The molecule has 6 heteroatoms. The lowest BCUT2D eigenvalue weighted by atomic mass is 10.0. The molecule has 0 aliphatic carbocycles. The molecule has 0 bridgehead atoms. The molecule has 1 aromatic heterocycles. The second kappa shape index (κ2) is 5.89. The Morgan fingerprint density at radius 3 is 3.06 bits per heavy atom. The first-order valence-electron chi connectivity index (χ1n) is 5.80. The van der Waals surface area contributed by atoms with Crippen molar-refractivity contribution < 1.29 is 0 Å². The molecule has 0 saturated carbocycles. The lowest BCUT2D eigenvalue weighted by molar-refractivity contribution is 0.461. The van der Waals surface area contributed by atoms with Gasteiger partial charge in [0.15, 0.2) is 5.16 Å². The van der Waals surface area contributed by atoms with Crippen molar-refractivity contribution in [3.8, 4) is 0 Å². The molecule has 94 valence electrons. The molecule has 1 aliphatic rings. The molecule has 2 N–H and O–H groups in total. The van der Waals surface area contributed by atoms with Gasteiger partial charge in [-0.25, -0.2) is 9.97 Å². The van der Waals surface area contributed by atoms with Crippen LogP contribution < -0.4 is 10.6 Å². The molecule has 0 radical (unpaired) electrons. The van der Waals surface area contributed by atoms with Gasteiger partial charge in [-0.1, -0.05) is 23.4 Å². The fourth-order valence-electron chi connectivity index (χ4n) is 2.17. The first kappa shape index (κ1) is 12.9. The van der Waals surface area contributed by atoms with E-state index in [2.05, 4.69) is 14.9 Å². The van der Waals surface area contributed by atoms with E-state index in [1.54, 1.807) is 0 Å². The maximum atomic E-state index is 6.02. The molecule has 1 aliphatic heterocycles. The summed E-state index contributed by atoms with van der Waals surface area (Å²) in [6.45, 7) is 1.67. The molecular formula is C11H17ClN4S. The van der Waals surface area contributed by atoms with Crippen LogP contribution in [0.1, 0.15) is 19.3 Å². The van der Waals surface area contributed by atoms with E-state index in [0.29, 0.717) is 22.9 Å². The third-order valence-electron chi connectivity index (χ3n) is 3.04. The summed E-state index contributed by atoms with van der Waals surface area (Å²) in [4.78, 5) is 10.9. The van der Waals surface area contributed by atoms with Crippen molar-refractivity contribution in [2.45, 2.75) is 30.5 Å². The van der Waals surface area contributed by atoms with E-state index in [0.717, 1.165) is 18.8 Å².